The van der Waals surface area contributed by atoms with E-state index in [-0.39, 0.29) is 30.6 Å². The van der Waals surface area contributed by atoms with Crippen molar-refractivity contribution >= 4 is 11.9 Å². The highest BCUT2D eigenvalue weighted by Gasteiger charge is 2.25. The Kier molecular flexibility index (Phi) is 6.65. The van der Waals surface area contributed by atoms with Gasteiger partial charge in [-0.25, -0.2) is 0 Å². The highest BCUT2D eigenvalue weighted by atomic mass is 16.5. The molecule has 0 saturated carbocycles. The third-order valence-electron chi connectivity index (χ3n) is 4.02. The zero-order valence-electron chi connectivity index (χ0n) is 13.9. The molecule has 0 aliphatic carbocycles. The fraction of sp³-hybridized carbons (Fsp3) is 0.647. The van der Waals surface area contributed by atoms with Gasteiger partial charge in [-0.2, -0.15) is 0 Å². The summed E-state index contributed by atoms with van der Waals surface area (Å²) < 4.78 is 12.5. The van der Waals surface area contributed by atoms with Crippen LogP contribution in [0, 0.1) is 0 Å². The number of piperidine rings is 1. The monoisotopic (exact) mass is 322 g/mol. The maximum Gasteiger partial charge on any atom is 0.320 e. The molecule has 23 heavy (non-hydrogen) atoms. The Labute approximate surface area is 137 Å². The molecule has 1 saturated heterocycles. The second kappa shape index (κ2) is 8.72. The highest BCUT2D eigenvalue weighted by molar-refractivity contribution is 5.71. The Bertz CT molecular complexity index is 501. The van der Waals surface area contributed by atoms with Crippen molar-refractivity contribution in [3.05, 3.63) is 24.5 Å². The number of hydrogen-bond acceptors (Lipinski definition) is 5. The molecule has 0 amide bonds. The third kappa shape index (κ3) is 5.71. The molecule has 0 aromatic carbocycles. The van der Waals surface area contributed by atoms with E-state index in [0.29, 0.717) is 19.6 Å². The van der Waals surface area contributed by atoms with Crippen molar-refractivity contribution in [1.82, 2.24) is 9.47 Å². The second-order valence-corrected chi connectivity index (χ2v) is 5.98. The van der Waals surface area contributed by atoms with Crippen LogP contribution in [0.5, 0.6) is 0 Å². The van der Waals surface area contributed by atoms with E-state index < -0.39 is 0 Å². The van der Waals surface area contributed by atoms with Gasteiger partial charge in [-0.15, -0.1) is 0 Å². The lowest BCUT2D eigenvalue weighted by Gasteiger charge is -2.31. The van der Waals surface area contributed by atoms with Gasteiger partial charge in [0.15, 0.2) is 0 Å². The Morgan fingerprint density at radius 1 is 1.26 bits per heavy atom. The molecule has 1 fully saturated rings. The predicted molar refractivity (Wildman–Crippen MR) is 85.9 cm³/mol. The topological polar surface area (TPSA) is 60.8 Å². The van der Waals surface area contributed by atoms with Gasteiger partial charge in [-0.05, 0) is 45.4 Å². The Hall–Kier alpha value is -1.82. The molecule has 2 rings (SSSR count). The Morgan fingerprint density at radius 2 is 2.00 bits per heavy atom. The van der Waals surface area contributed by atoms with E-state index in [1.165, 1.54) is 0 Å². The van der Waals surface area contributed by atoms with Crippen molar-refractivity contribution in [2.24, 2.45) is 0 Å². The van der Waals surface area contributed by atoms with Crippen molar-refractivity contribution in [3.8, 4) is 0 Å². The first-order chi connectivity index (χ1) is 11.1. The SMILES string of the molecule is CCOC(=O)CN1CCC[C@@H](OC(=O)C[C@@H](C)n2cccc2)C1. The van der Waals surface area contributed by atoms with E-state index in [2.05, 4.69) is 0 Å². The number of hydrogen-bond donors (Lipinski definition) is 0. The standard InChI is InChI=1S/C17H26N2O4/c1-3-22-17(21)13-18-8-6-7-15(12-18)23-16(20)11-14(2)19-9-4-5-10-19/h4-5,9-10,14-15H,3,6-8,11-13H2,1-2H3/t14-,15-/m1/s1. The van der Waals surface area contributed by atoms with Gasteiger partial charge in [0.2, 0.25) is 0 Å². The fourth-order valence-electron chi connectivity index (χ4n) is 2.86. The molecule has 0 bridgehead atoms. The molecule has 1 aromatic rings. The molecule has 0 spiro atoms. The molecule has 2 heterocycles. The summed E-state index contributed by atoms with van der Waals surface area (Å²) in [5, 5.41) is 0. The maximum absolute atomic E-state index is 12.1. The summed E-state index contributed by atoms with van der Waals surface area (Å²) in [6, 6.07) is 3.96. The van der Waals surface area contributed by atoms with Crippen LogP contribution in [0.4, 0.5) is 0 Å². The molecule has 0 radical (unpaired) electrons. The molecule has 6 heteroatoms. The van der Waals surface area contributed by atoms with Gasteiger partial charge in [0, 0.05) is 25.0 Å². The van der Waals surface area contributed by atoms with Crippen molar-refractivity contribution in [3.63, 3.8) is 0 Å². The summed E-state index contributed by atoms with van der Waals surface area (Å²) in [6.07, 6.45) is 5.87. The summed E-state index contributed by atoms with van der Waals surface area (Å²) in [4.78, 5) is 25.6. The number of carbonyl (C=O) groups excluding carboxylic acids is 2. The molecular formula is C17H26N2O4. The van der Waals surface area contributed by atoms with Gasteiger partial charge in [0.25, 0.3) is 0 Å². The predicted octanol–water partition coefficient (Wildman–Crippen LogP) is 2.01. The van der Waals surface area contributed by atoms with Crippen molar-refractivity contribution in [1.29, 1.82) is 0 Å². The van der Waals surface area contributed by atoms with Crippen molar-refractivity contribution < 1.29 is 19.1 Å². The van der Waals surface area contributed by atoms with Crippen molar-refractivity contribution in [2.75, 3.05) is 26.2 Å². The smallest absolute Gasteiger partial charge is 0.320 e. The van der Waals surface area contributed by atoms with E-state index >= 15 is 0 Å². The first-order valence-corrected chi connectivity index (χ1v) is 8.28. The molecular weight excluding hydrogens is 296 g/mol. The largest absolute Gasteiger partial charge is 0.465 e. The third-order valence-corrected chi connectivity index (χ3v) is 4.02. The van der Waals surface area contributed by atoms with E-state index in [0.717, 1.165) is 19.4 Å². The lowest BCUT2D eigenvalue weighted by Crippen LogP contribution is -2.43. The number of aromatic nitrogens is 1. The van der Waals surface area contributed by atoms with Crippen LogP contribution in [-0.2, 0) is 19.1 Å². The molecule has 2 atom stereocenters. The molecule has 1 aliphatic heterocycles. The summed E-state index contributed by atoms with van der Waals surface area (Å²) in [6.45, 7) is 5.89. The number of ether oxygens (including phenoxy) is 2. The average Bonchev–Trinajstić information content (AvgIpc) is 3.01. The normalized spacial score (nSPS) is 20.0. The molecule has 0 N–H and O–H groups in total. The quantitative estimate of drug-likeness (QED) is 0.719. The van der Waals surface area contributed by atoms with Crippen LogP contribution in [0.25, 0.3) is 0 Å². The lowest BCUT2D eigenvalue weighted by atomic mass is 10.1. The van der Waals surface area contributed by atoms with Crippen LogP contribution in [0.15, 0.2) is 24.5 Å². The zero-order chi connectivity index (χ0) is 16.7. The van der Waals surface area contributed by atoms with Gasteiger partial charge in [-0.3, -0.25) is 14.5 Å². The highest BCUT2D eigenvalue weighted by Crippen LogP contribution is 2.17. The van der Waals surface area contributed by atoms with Crippen LogP contribution in [0.2, 0.25) is 0 Å². The average molecular weight is 322 g/mol. The fourth-order valence-corrected chi connectivity index (χ4v) is 2.86. The van der Waals surface area contributed by atoms with Gasteiger partial charge >= 0.3 is 11.9 Å². The number of carbonyl (C=O) groups is 2. The van der Waals surface area contributed by atoms with Gasteiger partial charge in [-0.1, -0.05) is 0 Å². The van der Waals surface area contributed by atoms with E-state index in [9.17, 15) is 9.59 Å². The Morgan fingerprint density at radius 3 is 2.70 bits per heavy atom. The van der Waals surface area contributed by atoms with Gasteiger partial charge in [0.1, 0.15) is 6.10 Å². The first-order valence-electron chi connectivity index (χ1n) is 8.28. The summed E-state index contributed by atoms with van der Waals surface area (Å²) >= 11 is 0. The maximum atomic E-state index is 12.1. The minimum Gasteiger partial charge on any atom is -0.465 e. The zero-order valence-corrected chi connectivity index (χ0v) is 13.9. The molecule has 1 aliphatic rings. The molecule has 0 unspecified atom stereocenters. The molecule has 1 aromatic heterocycles. The number of rotatable bonds is 7. The summed E-state index contributed by atoms with van der Waals surface area (Å²) in [5.74, 6) is -0.408. The minimum absolute atomic E-state index is 0.0803. The second-order valence-electron chi connectivity index (χ2n) is 5.98. The molecule has 6 nitrogen and oxygen atoms in total. The number of likely N-dealkylation sites (tertiary alicyclic amines) is 1. The van der Waals surface area contributed by atoms with Crippen LogP contribution in [0.1, 0.15) is 39.2 Å². The van der Waals surface area contributed by atoms with Crippen LogP contribution in [-0.4, -0.2) is 53.8 Å². The summed E-state index contributed by atoms with van der Waals surface area (Å²) in [7, 11) is 0. The number of nitrogens with zero attached hydrogens (tertiary/aromatic N) is 2. The van der Waals surface area contributed by atoms with Crippen LogP contribution < -0.4 is 0 Å². The summed E-state index contributed by atoms with van der Waals surface area (Å²) in [5.41, 5.74) is 0. The van der Waals surface area contributed by atoms with E-state index in [1.807, 2.05) is 40.9 Å². The van der Waals surface area contributed by atoms with Crippen LogP contribution in [0.3, 0.4) is 0 Å². The van der Waals surface area contributed by atoms with Crippen LogP contribution >= 0.6 is 0 Å². The Balaban J connectivity index is 1.75. The van der Waals surface area contributed by atoms with E-state index in [4.69, 9.17) is 9.47 Å². The van der Waals surface area contributed by atoms with E-state index in [1.54, 1.807) is 6.92 Å². The first kappa shape index (κ1) is 17.5. The number of esters is 2. The van der Waals surface area contributed by atoms with Gasteiger partial charge in [0.05, 0.1) is 19.6 Å². The molecule has 128 valence electrons. The minimum atomic E-state index is -0.222. The lowest BCUT2D eigenvalue weighted by molar-refractivity contribution is -0.153. The van der Waals surface area contributed by atoms with Crippen molar-refractivity contribution in [2.45, 2.75) is 45.3 Å². The van der Waals surface area contributed by atoms with Gasteiger partial charge < -0.3 is 14.0 Å².